The lowest BCUT2D eigenvalue weighted by molar-refractivity contribution is -0.384. The highest BCUT2D eigenvalue weighted by Gasteiger charge is 2.29. The number of carbonyl (C=O) groups excluding carboxylic acids is 2. The predicted molar refractivity (Wildman–Crippen MR) is 163 cm³/mol. The molecule has 0 fully saturated rings. The number of ether oxygens (including phenoxy) is 1. The Hall–Kier alpha value is -4.99. The minimum atomic E-state index is -0.523. The first kappa shape index (κ1) is 29.5. The summed E-state index contributed by atoms with van der Waals surface area (Å²) >= 11 is 0. The van der Waals surface area contributed by atoms with Crippen LogP contribution in [0.1, 0.15) is 48.6 Å². The number of nitrogens with zero attached hydrogens (tertiary/aromatic N) is 3. The van der Waals surface area contributed by atoms with Crippen molar-refractivity contribution in [2.45, 2.75) is 45.2 Å². The van der Waals surface area contributed by atoms with Gasteiger partial charge < -0.3 is 19.9 Å². The summed E-state index contributed by atoms with van der Waals surface area (Å²) in [6.45, 7) is 4.96. The van der Waals surface area contributed by atoms with E-state index in [0.29, 0.717) is 12.2 Å². The summed E-state index contributed by atoms with van der Waals surface area (Å²) in [4.78, 5) is 40.5. The largest absolute Gasteiger partial charge is 0.449 e. The van der Waals surface area contributed by atoms with Gasteiger partial charge in [0, 0.05) is 49.1 Å². The van der Waals surface area contributed by atoms with E-state index in [4.69, 9.17) is 4.74 Å². The van der Waals surface area contributed by atoms with E-state index in [9.17, 15) is 19.7 Å². The fraction of sp³-hybridized carbons (Fsp3) is 0.303. The van der Waals surface area contributed by atoms with Crippen molar-refractivity contribution in [1.29, 1.82) is 0 Å². The van der Waals surface area contributed by atoms with E-state index in [0.717, 1.165) is 23.1 Å². The third-order valence-corrected chi connectivity index (χ3v) is 8.13. The summed E-state index contributed by atoms with van der Waals surface area (Å²) in [6.07, 6.45) is 3.67. The SMILES string of the molecule is CC[C@H](C)[C@@H](CNC(=O)OCC1c2ccccc2-c2ccccc21)NC(=O)Cc1cncn1Cc1ccc([N+](=O)[O-])cc1. The minimum Gasteiger partial charge on any atom is -0.449 e. The normalized spacial score (nSPS) is 13.4. The molecule has 1 aliphatic rings. The van der Waals surface area contributed by atoms with Crippen LogP contribution in [-0.4, -0.2) is 45.7 Å². The average molecular weight is 582 g/mol. The van der Waals surface area contributed by atoms with Gasteiger partial charge in [-0.3, -0.25) is 14.9 Å². The number of aromatic nitrogens is 2. The molecule has 0 spiro atoms. The number of hydrogen-bond donors (Lipinski definition) is 2. The Bertz CT molecular complexity index is 1550. The first-order valence-corrected chi connectivity index (χ1v) is 14.4. The van der Waals surface area contributed by atoms with Gasteiger partial charge in [0.1, 0.15) is 6.61 Å². The van der Waals surface area contributed by atoms with Crippen LogP contribution in [0.5, 0.6) is 0 Å². The molecule has 0 saturated heterocycles. The monoisotopic (exact) mass is 581 g/mol. The van der Waals surface area contributed by atoms with E-state index >= 15 is 0 Å². The molecule has 43 heavy (non-hydrogen) atoms. The fourth-order valence-corrected chi connectivity index (χ4v) is 5.50. The summed E-state index contributed by atoms with van der Waals surface area (Å²) in [5, 5.41) is 16.8. The number of carbonyl (C=O) groups is 2. The van der Waals surface area contributed by atoms with Crippen LogP contribution in [0.3, 0.4) is 0 Å². The highest BCUT2D eigenvalue weighted by atomic mass is 16.6. The van der Waals surface area contributed by atoms with Crippen molar-refractivity contribution in [2.75, 3.05) is 13.2 Å². The molecular weight excluding hydrogens is 546 g/mol. The van der Waals surface area contributed by atoms with Crippen LogP contribution in [0.2, 0.25) is 0 Å². The maximum absolute atomic E-state index is 13.1. The fourth-order valence-electron chi connectivity index (χ4n) is 5.50. The second-order valence-corrected chi connectivity index (χ2v) is 10.9. The highest BCUT2D eigenvalue weighted by Crippen LogP contribution is 2.44. The zero-order valence-corrected chi connectivity index (χ0v) is 24.2. The van der Waals surface area contributed by atoms with Gasteiger partial charge in [0.05, 0.1) is 17.7 Å². The zero-order valence-electron chi connectivity index (χ0n) is 24.2. The Labute approximate surface area is 250 Å². The van der Waals surface area contributed by atoms with Gasteiger partial charge in [0.15, 0.2) is 0 Å². The van der Waals surface area contributed by atoms with Crippen molar-refractivity contribution in [3.05, 3.63) is 118 Å². The lowest BCUT2D eigenvalue weighted by Crippen LogP contribution is -2.48. The molecule has 222 valence electrons. The molecule has 2 atom stereocenters. The zero-order chi connectivity index (χ0) is 30.3. The van der Waals surface area contributed by atoms with Crippen molar-refractivity contribution < 1.29 is 19.2 Å². The Morgan fingerprint density at radius 2 is 1.67 bits per heavy atom. The molecule has 10 heteroatoms. The molecular formula is C33H35N5O5. The number of nitrogens with one attached hydrogen (secondary N) is 2. The molecule has 4 aromatic rings. The molecule has 1 heterocycles. The molecule has 0 bridgehead atoms. The van der Waals surface area contributed by atoms with Crippen molar-refractivity contribution in [2.24, 2.45) is 5.92 Å². The summed E-state index contributed by atoms with van der Waals surface area (Å²) in [7, 11) is 0. The maximum Gasteiger partial charge on any atom is 0.407 e. The Morgan fingerprint density at radius 3 is 2.30 bits per heavy atom. The Balaban J connectivity index is 1.15. The van der Waals surface area contributed by atoms with E-state index in [2.05, 4.69) is 39.9 Å². The minimum absolute atomic E-state index is 0.0248. The van der Waals surface area contributed by atoms with E-state index in [1.807, 2.05) is 42.7 Å². The smallest absolute Gasteiger partial charge is 0.407 e. The van der Waals surface area contributed by atoms with Crippen LogP contribution in [0.4, 0.5) is 10.5 Å². The molecule has 2 amide bonds. The summed E-state index contributed by atoms with van der Waals surface area (Å²) < 4.78 is 7.52. The van der Waals surface area contributed by atoms with E-state index < -0.39 is 11.0 Å². The van der Waals surface area contributed by atoms with Gasteiger partial charge in [-0.15, -0.1) is 0 Å². The number of nitro benzene ring substituents is 1. The topological polar surface area (TPSA) is 128 Å². The number of amides is 2. The quantitative estimate of drug-likeness (QED) is 0.169. The van der Waals surface area contributed by atoms with Gasteiger partial charge in [-0.1, -0.05) is 80.9 Å². The number of alkyl carbamates (subject to hydrolysis) is 1. The first-order chi connectivity index (χ1) is 20.8. The van der Waals surface area contributed by atoms with Crippen LogP contribution in [0.15, 0.2) is 85.3 Å². The van der Waals surface area contributed by atoms with Gasteiger partial charge in [-0.05, 0) is 33.7 Å². The summed E-state index contributed by atoms with van der Waals surface area (Å²) in [5.74, 6) is -0.105. The van der Waals surface area contributed by atoms with Crippen LogP contribution in [0.25, 0.3) is 11.1 Å². The van der Waals surface area contributed by atoms with Crippen molar-refractivity contribution >= 4 is 17.7 Å². The highest BCUT2D eigenvalue weighted by molar-refractivity contribution is 5.79. The second-order valence-electron chi connectivity index (χ2n) is 10.9. The number of benzene rings is 3. The summed E-state index contributed by atoms with van der Waals surface area (Å²) in [6, 6.07) is 22.4. The third-order valence-electron chi connectivity index (χ3n) is 8.13. The van der Waals surface area contributed by atoms with Crippen molar-refractivity contribution in [3.8, 4) is 11.1 Å². The first-order valence-electron chi connectivity index (χ1n) is 14.4. The molecule has 0 radical (unpaired) electrons. The van der Waals surface area contributed by atoms with Gasteiger partial charge in [0.2, 0.25) is 5.91 Å². The van der Waals surface area contributed by atoms with Gasteiger partial charge >= 0.3 is 6.09 Å². The Kier molecular flexibility index (Phi) is 9.14. The number of imidazole rings is 1. The molecule has 5 rings (SSSR count). The van der Waals surface area contributed by atoms with Gasteiger partial charge in [-0.2, -0.15) is 0 Å². The standard InChI is InChI=1S/C33H35N5O5/c1-3-22(2)31(36-32(39)16-25-17-34-21-37(25)19-23-12-14-24(15-13-23)38(41)42)18-35-33(40)43-20-30-28-10-6-4-8-26(28)27-9-5-7-11-29(27)30/h4-15,17,21-22,30-31H,3,16,18-20H2,1-2H3,(H,35,40)(H,36,39)/t22-,31+/m0/s1. The van der Waals surface area contributed by atoms with Crippen LogP contribution in [-0.2, 0) is 22.5 Å². The Morgan fingerprint density at radius 1 is 1.02 bits per heavy atom. The number of rotatable bonds is 12. The lowest BCUT2D eigenvalue weighted by Gasteiger charge is -2.25. The summed E-state index contributed by atoms with van der Waals surface area (Å²) in [5.41, 5.74) is 6.22. The number of fused-ring (bicyclic) bond motifs is 3. The predicted octanol–water partition coefficient (Wildman–Crippen LogP) is 5.45. The number of hydrogen-bond acceptors (Lipinski definition) is 6. The van der Waals surface area contributed by atoms with E-state index in [1.165, 1.54) is 23.3 Å². The molecule has 1 aliphatic carbocycles. The van der Waals surface area contributed by atoms with Crippen molar-refractivity contribution in [3.63, 3.8) is 0 Å². The maximum atomic E-state index is 13.1. The third kappa shape index (κ3) is 6.91. The van der Waals surface area contributed by atoms with E-state index in [-0.39, 0.29) is 49.0 Å². The lowest BCUT2D eigenvalue weighted by atomic mass is 9.98. The number of nitro groups is 1. The molecule has 2 N–H and O–H groups in total. The second kappa shape index (κ2) is 13.3. The molecule has 0 unspecified atom stereocenters. The number of non-ortho nitro benzene ring substituents is 1. The van der Waals surface area contributed by atoms with Gasteiger partial charge in [-0.25, -0.2) is 9.78 Å². The van der Waals surface area contributed by atoms with E-state index in [1.54, 1.807) is 24.7 Å². The molecule has 0 saturated carbocycles. The molecule has 10 nitrogen and oxygen atoms in total. The van der Waals surface area contributed by atoms with Gasteiger partial charge in [0.25, 0.3) is 5.69 Å². The molecule has 0 aliphatic heterocycles. The van der Waals surface area contributed by atoms with Crippen LogP contribution >= 0.6 is 0 Å². The molecule has 1 aromatic heterocycles. The van der Waals surface area contributed by atoms with Crippen molar-refractivity contribution in [1.82, 2.24) is 20.2 Å². The average Bonchev–Trinajstić information content (AvgIpc) is 3.59. The van der Waals surface area contributed by atoms with Crippen LogP contribution < -0.4 is 10.6 Å². The molecule has 3 aromatic carbocycles. The van der Waals surface area contributed by atoms with Crippen LogP contribution in [0, 0.1) is 16.0 Å².